The Kier molecular flexibility index (Phi) is 4.81. The zero-order chi connectivity index (χ0) is 13.7. The van der Waals surface area contributed by atoms with Gasteiger partial charge in [-0.25, -0.2) is 4.39 Å². The molecule has 0 heterocycles. The van der Waals surface area contributed by atoms with Crippen LogP contribution in [0.3, 0.4) is 0 Å². The molecule has 0 spiro atoms. The summed E-state index contributed by atoms with van der Waals surface area (Å²) in [6.07, 6.45) is 4.73. The first kappa shape index (κ1) is 13.9. The van der Waals surface area contributed by atoms with E-state index in [-0.39, 0.29) is 18.5 Å². The summed E-state index contributed by atoms with van der Waals surface area (Å²) in [6, 6.07) is 4.61. The Morgan fingerprint density at radius 3 is 2.95 bits per heavy atom. The third kappa shape index (κ3) is 4.25. The molecule has 1 aliphatic rings. The molecule has 102 valence electrons. The maximum atomic E-state index is 13.5. The van der Waals surface area contributed by atoms with Crippen molar-refractivity contribution in [2.24, 2.45) is 11.7 Å². The molecule has 1 aromatic rings. The van der Waals surface area contributed by atoms with E-state index in [1.165, 1.54) is 25.0 Å². The molecule has 1 fully saturated rings. The molecule has 1 aromatic carbocycles. The summed E-state index contributed by atoms with van der Waals surface area (Å²) in [6.45, 7) is 2.51. The monoisotopic (exact) mass is 261 g/mol. The van der Waals surface area contributed by atoms with E-state index in [9.17, 15) is 4.39 Å². The number of halogens is 1. The first-order valence-electron chi connectivity index (χ1n) is 6.83. The molecular weight excluding hydrogens is 241 g/mol. The fourth-order valence-electron chi connectivity index (χ4n) is 2.53. The van der Waals surface area contributed by atoms with Crippen molar-refractivity contribution in [2.45, 2.75) is 38.7 Å². The lowest BCUT2D eigenvalue weighted by Crippen LogP contribution is -2.24. The highest BCUT2D eigenvalue weighted by Crippen LogP contribution is 2.28. The van der Waals surface area contributed by atoms with Gasteiger partial charge in [0, 0.05) is 11.6 Å². The van der Waals surface area contributed by atoms with E-state index >= 15 is 0 Å². The van der Waals surface area contributed by atoms with Crippen molar-refractivity contribution in [2.75, 3.05) is 6.54 Å². The van der Waals surface area contributed by atoms with Crippen LogP contribution in [0.25, 0.3) is 0 Å². The van der Waals surface area contributed by atoms with Gasteiger partial charge in [-0.3, -0.25) is 0 Å². The van der Waals surface area contributed by atoms with Gasteiger partial charge >= 0.3 is 0 Å². The standard InChI is InChI=1S/C16H20FNO/c1-12-4-2-6-15(8-12)19-16-10-13(5-3-7-18)9-14(17)11-16/h9-12,15H,2,4,6-8,18H2,1H3. The molecule has 2 unspecified atom stereocenters. The lowest BCUT2D eigenvalue weighted by molar-refractivity contribution is 0.129. The van der Waals surface area contributed by atoms with Crippen molar-refractivity contribution in [1.29, 1.82) is 0 Å². The quantitative estimate of drug-likeness (QED) is 0.830. The van der Waals surface area contributed by atoms with Crippen LogP contribution in [0.5, 0.6) is 5.75 Å². The van der Waals surface area contributed by atoms with Crippen LogP contribution in [0.1, 0.15) is 38.2 Å². The number of hydrogen-bond acceptors (Lipinski definition) is 2. The summed E-state index contributed by atoms with van der Waals surface area (Å²) >= 11 is 0. The maximum absolute atomic E-state index is 13.5. The molecule has 1 saturated carbocycles. The number of ether oxygens (including phenoxy) is 1. The van der Waals surface area contributed by atoms with Gasteiger partial charge in [-0.1, -0.05) is 25.2 Å². The smallest absolute Gasteiger partial charge is 0.128 e. The average molecular weight is 261 g/mol. The maximum Gasteiger partial charge on any atom is 0.128 e. The van der Waals surface area contributed by atoms with Crippen molar-refractivity contribution >= 4 is 0 Å². The summed E-state index contributed by atoms with van der Waals surface area (Å²) in [5, 5.41) is 0. The van der Waals surface area contributed by atoms with Crippen LogP contribution >= 0.6 is 0 Å². The minimum absolute atomic E-state index is 0.195. The Morgan fingerprint density at radius 1 is 1.37 bits per heavy atom. The highest BCUT2D eigenvalue weighted by Gasteiger charge is 2.20. The van der Waals surface area contributed by atoms with Gasteiger partial charge in [0.05, 0.1) is 12.6 Å². The second kappa shape index (κ2) is 6.58. The molecule has 2 atom stereocenters. The fourth-order valence-corrected chi connectivity index (χ4v) is 2.53. The molecule has 0 aromatic heterocycles. The van der Waals surface area contributed by atoms with Gasteiger partial charge in [0.15, 0.2) is 0 Å². The lowest BCUT2D eigenvalue weighted by Gasteiger charge is -2.27. The topological polar surface area (TPSA) is 35.2 Å². The van der Waals surface area contributed by atoms with Crippen LogP contribution in [0.2, 0.25) is 0 Å². The predicted molar refractivity (Wildman–Crippen MR) is 74.4 cm³/mol. The molecule has 1 aliphatic carbocycles. The summed E-state index contributed by atoms with van der Waals surface area (Å²) in [4.78, 5) is 0. The Balaban J connectivity index is 2.09. The summed E-state index contributed by atoms with van der Waals surface area (Å²) < 4.78 is 19.4. The van der Waals surface area contributed by atoms with E-state index in [1.54, 1.807) is 6.07 Å². The van der Waals surface area contributed by atoms with Crippen molar-refractivity contribution in [1.82, 2.24) is 0 Å². The van der Waals surface area contributed by atoms with Crippen molar-refractivity contribution in [3.8, 4) is 17.6 Å². The van der Waals surface area contributed by atoms with Gasteiger partial charge in [-0.2, -0.15) is 0 Å². The van der Waals surface area contributed by atoms with Gasteiger partial charge in [0.2, 0.25) is 0 Å². The Hall–Kier alpha value is -1.53. The van der Waals surface area contributed by atoms with Crippen molar-refractivity contribution in [3.05, 3.63) is 29.6 Å². The molecule has 2 nitrogen and oxygen atoms in total. The first-order valence-corrected chi connectivity index (χ1v) is 6.83. The van der Waals surface area contributed by atoms with Gasteiger partial charge in [0.25, 0.3) is 0 Å². The van der Waals surface area contributed by atoms with E-state index < -0.39 is 0 Å². The van der Waals surface area contributed by atoms with Crippen molar-refractivity contribution < 1.29 is 9.13 Å². The normalized spacial score (nSPS) is 22.5. The average Bonchev–Trinajstić information content (AvgIpc) is 2.35. The SMILES string of the molecule is CC1CCCC(Oc2cc(F)cc(C#CCN)c2)C1. The molecule has 0 bridgehead atoms. The van der Waals surface area contributed by atoms with Crippen LogP contribution in [-0.2, 0) is 0 Å². The molecular formula is C16H20FNO. The molecule has 2 rings (SSSR count). The number of hydrogen-bond donors (Lipinski definition) is 1. The van der Waals surface area contributed by atoms with Crippen LogP contribution in [-0.4, -0.2) is 12.6 Å². The second-order valence-electron chi connectivity index (χ2n) is 5.19. The highest BCUT2D eigenvalue weighted by atomic mass is 19.1. The summed E-state index contributed by atoms with van der Waals surface area (Å²) in [5.41, 5.74) is 5.93. The van der Waals surface area contributed by atoms with Gasteiger partial charge in [0.1, 0.15) is 11.6 Å². The highest BCUT2D eigenvalue weighted by molar-refractivity contribution is 5.40. The fraction of sp³-hybridized carbons (Fsp3) is 0.500. The van der Waals surface area contributed by atoms with Crippen molar-refractivity contribution in [3.63, 3.8) is 0 Å². The molecule has 3 heteroatoms. The number of nitrogens with two attached hydrogens (primary N) is 1. The van der Waals surface area contributed by atoms with Crippen LogP contribution < -0.4 is 10.5 Å². The molecule has 0 saturated heterocycles. The van der Waals surface area contributed by atoms with Crippen LogP contribution in [0.4, 0.5) is 4.39 Å². The minimum atomic E-state index is -0.317. The summed E-state index contributed by atoms with van der Waals surface area (Å²) in [5.74, 6) is 6.50. The molecule has 2 N–H and O–H groups in total. The molecule has 19 heavy (non-hydrogen) atoms. The predicted octanol–water partition coefficient (Wildman–Crippen LogP) is 3.09. The Bertz CT molecular complexity index is 489. The first-order chi connectivity index (χ1) is 9.17. The number of rotatable bonds is 2. The number of benzene rings is 1. The van der Waals surface area contributed by atoms with E-state index in [2.05, 4.69) is 18.8 Å². The molecule has 0 aliphatic heterocycles. The largest absolute Gasteiger partial charge is 0.490 e. The van der Waals surface area contributed by atoms with E-state index in [4.69, 9.17) is 10.5 Å². The van der Waals surface area contributed by atoms with E-state index in [1.807, 2.05) is 0 Å². The third-order valence-corrected chi connectivity index (χ3v) is 3.40. The van der Waals surface area contributed by atoms with Crippen LogP contribution in [0, 0.1) is 23.6 Å². The zero-order valence-corrected chi connectivity index (χ0v) is 11.3. The minimum Gasteiger partial charge on any atom is -0.490 e. The second-order valence-corrected chi connectivity index (χ2v) is 5.19. The Morgan fingerprint density at radius 2 is 2.21 bits per heavy atom. The van der Waals surface area contributed by atoms with E-state index in [0.717, 1.165) is 12.8 Å². The van der Waals surface area contributed by atoms with E-state index in [0.29, 0.717) is 17.2 Å². The van der Waals surface area contributed by atoms with Gasteiger partial charge in [-0.15, -0.1) is 0 Å². The summed E-state index contributed by atoms with van der Waals surface area (Å²) in [7, 11) is 0. The molecule has 0 amide bonds. The van der Waals surface area contributed by atoms with Crippen LogP contribution in [0.15, 0.2) is 18.2 Å². The molecule has 0 radical (unpaired) electrons. The third-order valence-electron chi connectivity index (χ3n) is 3.40. The van der Waals surface area contributed by atoms with Gasteiger partial charge < -0.3 is 10.5 Å². The zero-order valence-electron chi connectivity index (χ0n) is 11.3. The lowest BCUT2D eigenvalue weighted by atomic mass is 9.89. The Labute approximate surface area is 114 Å². The van der Waals surface area contributed by atoms with Gasteiger partial charge in [-0.05, 0) is 37.3 Å².